The SMILES string of the molecule is CC(=O)OC1CC(C)OC(c2ccc(C)c(Cc3ccc(-c4ccccc4C=O)s3)c2)C1. The highest BCUT2D eigenvalue weighted by Crippen LogP contribution is 2.35. The number of carbonyl (C=O) groups excluding carboxylic acids is 2. The first kappa shape index (κ1) is 22.4. The largest absolute Gasteiger partial charge is 0.462 e. The number of hydrogen-bond donors (Lipinski definition) is 0. The Hall–Kier alpha value is -2.76. The lowest BCUT2D eigenvalue weighted by molar-refractivity contribution is -0.158. The van der Waals surface area contributed by atoms with E-state index in [1.807, 2.05) is 31.2 Å². The molecular weight excluding hydrogens is 420 g/mol. The van der Waals surface area contributed by atoms with Crippen LogP contribution in [-0.2, 0) is 20.7 Å². The van der Waals surface area contributed by atoms with Crippen LogP contribution >= 0.6 is 11.3 Å². The Balaban J connectivity index is 1.54. The predicted molar refractivity (Wildman–Crippen MR) is 127 cm³/mol. The highest BCUT2D eigenvalue weighted by atomic mass is 32.1. The quantitative estimate of drug-likeness (QED) is 0.328. The van der Waals surface area contributed by atoms with Gasteiger partial charge in [-0.15, -0.1) is 11.3 Å². The summed E-state index contributed by atoms with van der Waals surface area (Å²) in [6, 6.07) is 18.4. The van der Waals surface area contributed by atoms with E-state index in [9.17, 15) is 9.59 Å². The molecule has 1 aromatic heterocycles. The van der Waals surface area contributed by atoms with Crippen LogP contribution < -0.4 is 0 Å². The summed E-state index contributed by atoms with van der Waals surface area (Å²) in [5.74, 6) is -0.239. The second-order valence-electron chi connectivity index (χ2n) is 8.47. The average molecular weight is 449 g/mol. The number of ether oxygens (including phenoxy) is 2. The molecule has 5 heteroatoms. The standard InChI is InChI=1S/C27H28O4S/c1-17-8-9-20(26-15-23(31-19(3)29)12-18(2)30-26)13-22(17)14-24-10-11-27(32-24)25-7-5-4-6-21(25)16-28/h4-11,13,16,18,23,26H,12,14-15H2,1-3H3. The Morgan fingerprint density at radius 2 is 1.97 bits per heavy atom. The van der Waals surface area contributed by atoms with Crippen molar-refractivity contribution >= 4 is 23.6 Å². The molecule has 4 rings (SSSR count). The van der Waals surface area contributed by atoms with Gasteiger partial charge in [0, 0.05) is 47.1 Å². The van der Waals surface area contributed by atoms with E-state index in [4.69, 9.17) is 9.47 Å². The first-order valence-electron chi connectivity index (χ1n) is 11.0. The molecule has 1 saturated heterocycles. The van der Waals surface area contributed by atoms with E-state index in [1.54, 1.807) is 11.3 Å². The molecule has 1 aliphatic heterocycles. The maximum absolute atomic E-state index is 11.4. The van der Waals surface area contributed by atoms with Crippen molar-refractivity contribution in [2.45, 2.75) is 58.3 Å². The monoisotopic (exact) mass is 448 g/mol. The lowest BCUT2D eigenvalue weighted by Crippen LogP contribution is -2.32. The normalized spacial score (nSPS) is 20.7. The summed E-state index contributed by atoms with van der Waals surface area (Å²) in [7, 11) is 0. The Labute approximate surface area is 193 Å². The first-order chi connectivity index (χ1) is 15.4. The van der Waals surface area contributed by atoms with Gasteiger partial charge in [-0.2, -0.15) is 0 Å². The van der Waals surface area contributed by atoms with Crippen molar-refractivity contribution in [3.05, 3.63) is 81.7 Å². The van der Waals surface area contributed by atoms with E-state index in [-0.39, 0.29) is 24.3 Å². The predicted octanol–water partition coefficient (Wildman–Crippen LogP) is 6.30. The highest BCUT2D eigenvalue weighted by molar-refractivity contribution is 7.15. The van der Waals surface area contributed by atoms with Crippen molar-refractivity contribution in [3.63, 3.8) is 0 Å². The lowest BCUT2D eigenvalue weighted by atomic mass is 9.93. The topological polar surface area (TPSA) is 52.6 Å². The zero-order valence-electron chi connectivity index (χ0n) is 18.7. The van der Waals surface area contributed by atoms with Gasteiger partial charge in [0.25, 0.3) is 0 Å². The highest BCUT2D eigenvalue weighted by Gasteiger charge is 2.30. The minimum atomic E-state index is -0.239. The number of aryl methyl sites for hydroxylation is 1. The number of hydrogen-bond acceptors (Lipinski definition) is 5. The van der Waals surface area contributed by atoms with Gasteiger partial charge in [-0.25, -0.2) is 0 Å². The minimum absolute atomic E-state index is 0.0422. The zero-order valence-corrected chi connectivity index (χ0v) is 19.5. The van der Waals surface area contributed by atoms with Crippen molar-refractivity contribution < 1.29 is 19.1 Å². The summed E-state index contributed by atoms with van der Waals surface area (Å²) in [5, 5.41) is 0. The molecule has 0 amide bonds. The third-order valence-corrected chi connectivity index (χ3v) is 7.04. The molecule has 3 atom stereocenters. The van der Waals surface area contributed by atoms with E-state index >= 15 is 0 Å². The molecule has 0 saturated carbocycles. The van der Waals surface area contributed by atoms with Gasteiger partial charge in [-0.05, 0) is 42.7 Å². The third kappa shape index (κ3) is 5.17. The van der Waals surface area contributed by atoms with Crippen LogP contribution in [0.3, 0.4) is 0 Å². The fourth-order valence-corrected chi connectivity index (χ4v) is 5.43. The maximum Gasteiger partial charge on any atom is 0.302 e. The summed E-state index contributed by atoms with van der Waals surface area (Å²) in [6.45, 7) is 5.62. The van der Waals surface area contributed by atoms with Gasteiger partial charge < -0.3 is 9.47 Å². The van der Waals surface area contributed by atoms with Crippen LogP contribution in [0.4, 0.5) is 0 Å². The van der Waals surface area contributed by atoms with E-state index in [2.05, 4.69) is 37.3 Å². The van der Waals surface area contributed by atoms with Crippen molar-refractivity contribution in [1.29, 1.82) is 0 Å². The van der Waals surface area contributed by atoms with E-state index in [0.717, 1.165) is 35.1 Å². The number of rotatable bonds is 6. The summed E-state index contributed by atoms with van der Waals surface area (Å²) in [6.07, 6.45) is 3.00. The van der Waals surface area contributed by atoms with E-state index in [1.165, 1.54) is 22.9 Å². The number of carbonyl (C=O) groups is 2. The fourth-order valence-electron chi connectivity index (χ4n) is 4.35. The third-order valence-electron chi connectivity index (χ3n) is 5.93. The molecule has 0 N–H and O–H groups in total. The van der Waals surface area contributed by atoms with Crippen molar-refractivity contribution in [2.75, 3.05) is 0 Å². The average Bonchev–Trinajstić information content (AvgIpc) is 3.22. The molecule has 2 heterocycles. The van der Waals surface area contributed by atoms with Crippen molar-refractivity contribution in [2.24, 2.45) is 0 Å². The summed E-state index contributed by atoms with van der Waals surface area (Å²) in [4.78, 5) is 25.2. The fraction of sp³-hybridized carbons (Fsp3) is 0.333. The van der Waals surface area contributed by atoms with Gasteiger partial charge in [-0.1, -0.05) is 42.5 Å². The summed E-state index contributed by atoms with van der Waals surface area (Å²) in [5.41, 5.74) is 5.30. The molecule has 32 heavy (non-hydrogen) atoms. The van der Waals surface area contributed by atoms with Crippen LogP contribution in [0.15, 0.2) is 54.6 Å². The molecule has 1 fully saturated rings. The molecule has 3 unspecified atom stereocenters. The Kier molecular flexibility index (Phi) is 6.87. The van der Waals surface area contributed by atoms with Gasteiger partial charge >= 0.3 is 5.97 Å². The molecule has 0 bridgehead atoms. The molecule has 0 spiro atoms. The molecule has 2 aromatic carbocycles. The number of aldehydes is 1. The maximum atomic E-state index is 11.4. The van der Waals surface area contributed by atoms with Crippen LogP contribution in [0.25, 0.3) is 10.4 Å². The first-order valence-corrected chi connectivity index (χ1v) is 11.8. The minimum Gasteiger partial charge on any atom is -0.462 e. The van der Waals surface area contributed by atoms with Gasteiger partial charge in [0.05, 0.1) is 12.2 Å². The van der Waals surface area contributed by atoms with Crippen LogP contribution in [0.5, 0.6) is 0 Å². The second-order valence-corrected chi connectivity index (χ2v) is 9.64. The van der Waals surface area contributed by atoms with Gasteiger partial charge in [0.1, 0.15) is 6.10 Å². The zero-order chi connectivity index (χ0) is 22.7. The molecule has 3 aromatic rings. The van der Waals surface area contributed by atoms with Gasteiger partial charge in [0.15, 0.2) is 6.29 Å². The Morgan fingerprint density at radius 1 is 1.16 bits per heavy atom. The van der Waals surface area contributed by atoms with E-state index in [0.29, 0.717) is 12.0 Å². The van der Waals surface area contributed by atoms with Crippen LogP contribution in [0.2, 0.25) is 0 Å². The second kappa shape index (κ2) is 9.80. The smallest absolute Gasteiger partial charge is 0.302 e. The number of esters is 1. The lowest BCUT2D eigenvalue weighted by Gasteiger charge is -2.33. The van der Waals surface area contributed by atoms with Crippen LogP contribution in [0, 0.1) is 6.92 Å². The number of benzene rings is 2. The molecule has 4 nitrogen and oxygen atoms in total. The number of thiophene rings is 1. The molecule has 0 radical (unpaired) electrons. The molecular formula is C27H28O4S. The van der Waals surface area contributed by atoms with Gasteiger partial charge in [0.2, 0.25) is 0 Å². The van der Waals surface area contributed by atoms with E-state index < -0.39 is 0 Å². The Morgan fingerprint density at radius 3 is 2.75 bits per heavy atom. The molecule has 0 aliphatic carbocycles. The summed E-state index contributed by atoms with van der Waals surface area (Å²) < 4.78 is 11.7. The Bertz CT molecular complexity index is 1120. The van der Waals surface area contributed by atoms with Crippen molar-refractivity contribution in [3.8, 4) is 10.4 Å². The molecule has 1 aliphatic rings. The van der Waals surface area contributed by atoms with Crippen LogP contribution in [-0.4, -0.2) is 24.5 Å². The van der Waals surface area contributed by atoms with Crippen LogP contribution in [0.1, 0.15) is 64.7 Å². The molecule has 166 valence electrons. The van der Waals surface area contributed by atoms with Gasteiger partial charge in [-0.3, -0.25) is 9.59 Å². The van der Waals surface area contributed by atoms with Crippen molar-refractivity contribution in [1.82, 2.24) is 0 Å². The summed E-state index contributed by atoms with van der Waals surface area (Å²) >= 11 is 1.72.